The second-order valence-electron chi connectivity index (χ2n) is 5.28. The molecule has 0 spiro atoms. The number of halogens is 2. The highest BCUT2D eigenvalue weighted by atomic mass is 32.1. The Kier molecular flexibility index (Phi) is 7.11. The number of aryl methyl sites for hydroxylation is 1. The molecule has 2 rings (SSSR count). The van der Waals surface area contributed by atoms with Gasteiger partial charge in [0.25, 0.3) is 0 Å². The summed E-state index contributed by atoms with van der Waals surface area (Å²) in [5.74, 6) is -0.388. The van der Waals surface area contributed by atoms with E-state index >= 15 is 0 Å². The van der Waals surface area contributed by atoms with Crippen molar-refractivity contribution in [1.29, 1.82) is 0 Å². The first-order valence-corrected chi connectivity index (χ1v) is 8.83. The highest BCUT2D eigenvalue weighted by Gasteiger charge is 2.04. The van der Waals surface area contributed by atoms with E-state index in [0.717, 1.165) is 29.7 Å². The van der Waals surface area contributed by atoms with Crippen LogP contribution >= 0.6 is 11.3 Å². The third kappa shape index (κ3) is 5.88. The van der Waals surface area contributed by atoms with Crippen LogP contribution in [0.4, 0.5) is 8.78 Å². The highest BCUT2D eigenvalue weighted by Crippen LogP contribution is 2.10. The van der Waals surface area contributed by atoms with Crippen LogP contribution in [0.1, 0.15) is 23.2 Å². The number of hydrogen-bond donors (Lipinski definition) is 2. The molecule has 0 aliphatic heterocycles. The van der Waals surface area contributed by atoms with Gasteiger partial charge in [-0.05, 0) is 31.9 Å². The summed E-state index contributed by atoms with van der Waals surface area (Å²) >= 11 is 1.63. The van der Waals surface area contributed by atoms with Crippen molar-refractivity contribution >= 4 is 17.3 Å². The Morgan fingerprint density at radius 3 is 2.75 bits per heavy atom. The van der Waals surface area contributed by atoms with Gasteiger partial charge in [0, 0.05) is 37.5 Å². The van der Waals surface area contributed by atoms with E-state index < -0.39 is 11.6 Å². The van der Waals surface area contributed by atoms with Crippen LogP contribution in [-0.4, -0.2) is 30.6 Å². The molecule has 7 heteroatoms. The zero-order valence-electron chi connectivity index (χ0n) is 13.9. The van der Waals surface area contributed by atoms with Gasteiger partial charge in [0.15, 0.2) is 5.96 Å². The second kappa shape index (κ2) is 9.32. The molecule has 0 atom stereocenters. The van der Waals surface area contributed by atoms with E-state index in [1.54, 1.807) is 11.3 Å². The molecule has 1 aromatic carbocycles. The standard InChI is InChI=1S/C17H22F2N4S/c1-3-20-17(22-9-7-15-11-24-12(2)23-15)21-8-6-13-4-5-14(18)10-16(13)19/h4-5,10-11H,3,6-9H2,1-2H3,(H2,20,21,22). The molecule has 2 N–H and O–H groups in total. The molecule has 0 saturated heterocycles. The van der Waals surface area contributed by atoms with Crippen molar-refractivity contribution < 1.29 is 8.78 Å². The van der Waals surface area contributed by atoms with Crippen LogP contribution in [0, 0.1) is 18.6 Å². The Labute approximate surface area is 145 Å². The van der Waals surface area contributed by atoms with Crippen molar-refractivity contribution in [1.82, 2.24) is 15.6 Å². The summed E-state index contributed by atoms with van der Waals surface area (Å²) in [7, 11) is 0. The fourth-order valence-electron chi connectivity index (χ4n) is 2.19. The van der Waals surface area contributed by atoms with Crippen molar-refractivity contribution in [2.45, 2.75) is 26.7 Å². The van der Waals surface area contributed by atoms with E-state index in [1.165, 1.54) is 12.1 Å². The third-order valence-electron chi connectivity index (χ3n) is 3.35. The zero-order chi connectivity index (χ0) is 17.4. The van der Waals surface area contributed by atoms with Gasteiger partial charge in [0.2, 0.25) is 0 Å². The maximum atomic E-state index is 13.6. The first-order valence-electron chi connectivity index (χ1n) is 7.95. The summed E-state index contributed by atoms with van der Waals surface area (Å²) in [6, 6.07) is 3.65. The van der Waals surface area contributed by atoms with Gasteiger partial charge in [-0.2, -0.15) is 0 Å². The lowest BCUT2D eigenvalue weighted by atomic mass is 10.1. The summed E-state index contributed by atoms with van der Waals surface area (Å²) in [6.07, 6.45) is 1.25. The Hall–Kier alpha value is -2.02. The number of guanidine groups is 1. The average Bonchev–Trinajstić information content (AvgIpc) is 2.95. The maximum Gasteiger partial charge on any atom is 0.191 e. The molecule has 0 radical (unpaired) electrons. The fraction of sp³-hybridized carbons (Fsp3) is 0.412. The highest BCUT2D eigenvalue weighted by molar-refractivity contribution is 7.09. The van der Waals surface area contributed by atoms with E-state index in [9.17, 15) is 8.78 Å². The molecule has 1 heterocycles. The Morgan fingerprint density at radius 1 is 1.25 bits per heavy atom. The summed E-state index contributed by atoms with van der Waals surface area (Å²) < 4.78 is 26.5. The molecule has 0 aliphatic carbocycles. The Morgan fingerprint density at radius 2 is 2.08 bits per heavy atom. The van der Waals surface area contributed by atoms with Gasteiger partial charge in [0.05, 0.1) is 10.7 Å². The van der Waals surface area contributed by atoms with Crippen LogP contribution in [0.2, 0.25) is 0 Å². The number of thiazole rings is 1. The van der Waals surface area contributed by atoms with Crippen LogP contribution in [0.25, 0.3) is 0 Å². The summed E-state index contributed by atoms with van der Waals surface area (Å²) in [5.41, 5.74) is 1.53. The van der Waals surface area contributed by atoms with Gasteiger partial charge in [-0.1, -0.05) is 6.07 Å². The normalized spacial score (nSPS) is 11.6. The molecule has 0 saturated carbocycles. The number of benzene rings is 1. The lowest BCUT2D eigenvalue weighted by molar-refractivity contribution is 0.570. The van der Waals surface area contributed by atoms with Gasteiger partial charge in [-0.3, -0.25) is 4.99 Å². The van der Waals surface area contributed by atoms with Gasteiger partial charge in [-0.25, -0.2) is 13.8 Å². The van der Waals surface area contributed by atoms with Crippen LogP contribution in [0.3, 0.4) is 0 Å². The number of aromatic nitrogens is 1. The van der Waals surface area contributed by atoms with Crippen LogP contribution in [0.5, 0.6) is 0 Å². The van der Waals surface area contributed by atoms with Crippen LogP contribution in [0.15, 0.2) is 28.6 Å². The van der Waals surface area contributed by atoms with Gasteiger partial charge < -0.3 is 10.6 Å². The molecule has 4 nitrogen and oxygen atoms in total. The predicted octanol–water partition coefficient (Wildman–Crippen LogP) is 3.07. The minimum atomic E-state index is -0.559. The van der Waals surface area contributed by atoms with Gasteiger partial charge >= 0.3 is 0 Å². The zero-order valence-corrected chi connectivity index (χ0v) is 14.7. The first-order chi connectivity index (χ1) is 11.6. The van der Waals surface area contributed by atoms with Crippen molar-refractivity contribution in [2.75, 3.05) is 19.6 Å². The quantitative estimate of drug-likeness (QED) is 0.595. The van der Waals surface area contributed by atoms with E-state index in [-0.39, 0.29) is 0 Å². The lowest BCUT2D eigenvalue weighted by Gasteiger charge is -2.11. The number of hydrogen-bond acceptors (Lipinski definition) is 3. The molecule has 0 amide bonds. The van der Waals surface area contributed by atoms with Gasteiger partial charge in [-0.15, -0.1) is 11.3 Å². The molecule has 0 aliphatic rings. The average molecular weight is 352 g/mol. The lowest BCUT2D eigenvalue weighted by Crippen LogP contribution is -2.38. The van der Waals surface area contributed by atoms with Crippen LogP contribution < -0.4 is 10.6 Å². The smallest absolute Gasteiger partial charge is 0.191 e. The van der Waals surface area contributed by atoms with E-state index in [2.05, 4.69) is 20.6 Å². The third-order valence-corrected chi connectivity index (χ3v) is 4.17. The van der Waals surface area contributed by atoms with Crippen molar-refractivity contribution in [3.63, 3.8) is 0 Å². The number of nitrogens with zero attached hydrogens (tertiary/aromatic N) is 2. The van der Waals surface area contributed by atoms with Crippen molar-refractivity contribution in [3.8, 4) is 0 Å². The SMILES string of the molecule is CCNC(=NCCc1csc(C)n1)NCCc1ccc(F)cc1F. The van der Waals surface area contributed by atoms with Crippen molar-refractivity contribution in [3.05, 3.63) is 51.5 Å². The number of aliphatic imine (C=N–C) groups is 1. The number of nitrogens with one attached hydrogen (secondary N) is 2. The van der Waals surface area contributed by atoms with E-state index in [4.69, 9.17) is 0 Å². The van der Waals surface area contributed by atoms with E-state index in [1.807, 2.05) is 19.2 Å². The van der Waals surface area contributed by atoms with E-state index in [0.29, 0.717) is 31.0 Å². The molecular weight excluding hydrogens is 330 g/mol. The molecule has 1 aromatic heterocycles. The minimum Gasteiger partial charge on any atom is -0.357 e. The summed E-state index contributed by atoms with van der Waals surface area (Å²) in [6.45, 7) is 5.86. The minimum absolute atomic E-state index is 0.460. The molecule has 0 bridgehead atoms. The summed E-state index contributed by atoms with van der Waals surface area (Å²) in [5, 5.41) is 9.41. The first kappa shape index (κ1) is 18.3. The number of rotatable bonds is 7. The topological polar surface area (TPSA) is 49.3 Å². The summed E-state index contributed by atoms with van der Waals surface area (Å²) in [4.78, 5) is 8.90. The molecule has 2 aromatic rings. The predicted molar refractivity (Wildman–Crippen MR) is 94.6 cm³/mol. The Balaban J connectivity index is 1.82. The van der Waals surface area contributed by atoms with Crippen LogP contribution in [-0.2, 0) is 12.8 Å². The maximum absolute atomic E-state index is 13.6. The molecule has 0 unspecified atom stereocenters. The van der Waals surface area contributed by atoms with Crippen molar-refractivity contribution in [2.24, 2.45) is 4.99 Å². The van der Waals surface area contributed by atoms with Gasteiger partial charge in [0.1, 0.15) is 11.6 Å². The molecule has 24 heavy (non-hydrogen) atoms. The Bertz CT molecular complexity index is 685. The fourth-order valence-corrected chi connectivity index (χ4v) is 2.83. The monoisotopic (exact) mass is 352 g/mol. The largest absolute Gasteiger partial charge is 0.357 e. The molecular formula is C17H22F2N4S. The second-order valence-corrected chi connectivity index (χ2v) is 6.34. The molecule has 0 fully saturated rings. The molecule has 130 valence electrons.